The first-order valence-corrected chi connectivity index (χ1v) is 8.97. The van der Waals surface area contributed by atoms with Crippen LogP contribution < -0.4 is 10.6 Å². The summed E-state index contributed by atoms with van der Waals surface area (Å²) >= 11 is 5.79. The van der Waals surface area contributed by atoms with Crippen molar-refractivity contribution in [2.45, 2.75) is 13.0 Å². The van der Waals surface area contributed by atoms with Crippen LogP contribution in [0.5, 0.6) is 0 Å². The molecule has 152 valence electrons. The second-order valence-electron chi connectivity index (χ2n) is 6.25. The summed E-state index contributed by atoms with van der Waals surface area (Å²) in [6.45, 7) is 1.13. The Morgan fingerprint density at radius 2 is 1.89 bits per heavy atom. The largest absolute Gasteiger partial charge is 0.356 e. The van der Waals surface area contributed by atoms with Gasteiger partial charge in [0.1, 0.15) is 5.82 Å². The lowest BCUT2D eigenvalue weighted by atomic mass is 10.1. The Kier molecular flexibility index (Phi) is 10.2. The summed E-state index contributed by atoms with van der Waals surface area (Å²) in [5.41, 5.74) is 2.60. The lowest BCUT2D eigenvalue weighted by Crippen LogP contribution is -2.37. The quantitative estimate of drug-likeness (QED) is 0.348. The van der Waals surface area contributed by atoms with Crippen LogP contribution in [-0.4, -0.2) is 44.5 Å². The number of nitrogens with zero attached hydrogens (tertiary/aromatic N) is 2. The maximum atomic E-state index is 13.2. The molecule has 0 saturated carbocycles. The number of hydrogen-bond donors (Lipinski definition) is 2. The minimum Gasteiger partial charge on any atom is -0.356 e. The molecule has 28 heavy (non-hydrogen) atoms. The van der Waals surface area contributed by atoms with E-state index >= 15 is 0 Å². The summed E-state index contributed by atoms with van der Waals surface area (Å²) < 4.78 is 13.2. The highest BCUT2D eigenvalue weighted by molar-refractivity contribution is 14.0. The molecule has 0 aliphatic carbocycles. The van der Waals surface area contributed by atoms with Crippen molar-refractivity contribution in [3.05, 3.63) is 70.0 Å². The monoisotopic (exact) mass is 518 g/mol. The molecule has 2 N–H and O–H groups in total. The molecule has 2 rings (SSSR count). The molecule has 0 aliphatic heterocycles. The predicted molar refractivity (Wildman–Crippen MR) is 123 cm³/mol. The van der Waals surface area contributed by atoms with E-state index in [-0.39, 0.29) is 34.9 Å². The zero-order valence-electron chi connectivity index (χ0n) is 16.1. The second kappa shape index (κ2) is 11.9. The standard InChI is InChI=1S/C20H24ClFN4O.HI/c1-23-20(25-13-15-7-8-18(22)17(21)12-15)24-10-9-14-5-4-6-16(11-14)19(27)26(2)3;/h4-8,11-12H,9-10,13H2,1-3H3,(H2,23,24,25);1H. The number of guanidine groups is 1. The van der Waals surface area contributed by atoms with E-state index in [0.29, 0.717) is 24.6 Å². The van der Waals surface area contributed by atoms with Crippen LogP contribution in [0.2, 0.25) is 5.02 Å². The Morgan fingerprint density at radius 3 is 2.54 bits per heavy atom. The molecule has 0 fully saturated rings. The summed E-state index contributed by atoms with van der Waals surface area (Å²) in [7, 11) is 5.16. The Hall–Kier alpha value is -1.87. The van der Waals surface area contributed by atoms with Gasteiger partial charge in [0.15, 0.2) is 5.96 Å². The summed E-state index contributed by atoms with van der Waals surface area (Å²) in [6, 6.07) is 12.2. The van der Waals surface area contributed by atoms with E-state index in [1.807, 2.05) is 24.3 Å². The predicted octanol–water partition coefficient (Wildman–Crippen LogP) is 3.71. The minimum absolute atomic E-state index is 0. The Bertz CT molecular complexity index is 830. The molecule has 0 radical (unpaired) electrons. The fourth-order valence-corrected chi connectivity index (χ4v) is 2.70. The van der Waals surface area contributed by atoms with E-state index in [1.165, 1.54) is 6.07 Å². The van der Waals surface area contributed by atoms with E-state index < -0.39 is 5.82 Å². The van der Waals surface area contributed by atoms with Crippen molar-refractivity contribution in [1.82, 2.24) is 15.5 Å². The number of hydrogen-bond acceptors (Lipinski definition) is 2. The molecule has 1 amide bonds. The maximum absolute atomic E-state index is 13.2. The lowest BCUT2D eigenvalue weighted by molar-refractivity contribution is 0.0827. The highest BCUT2D eigenvalue weighted by atomic mass is 127. The number of rotatable bonds is 6. The van der Waals surface area contributed by atoms with Crippen LogP contribution in [0.25, 0.3) is 0 Å². The first kappa shape index (κ1) is 24.2. The molecule has 0 unspecified atom stereocenters. The Morgan fingerprint density at radius 1 is 1.14 bits per heavy atom. The SMILES string of the molecule is CN=C(NCCc1cccc(C(=O)N(C)C)c1)NCc1ccc(F)c(Cl)c1.I. The van der Waals surface area contributed by atoms with Gasteiger partial charge in [-0.25, -0.2) is 4.39 Å². The van der Waals surface area contributed by atoms with Gasteiger partial charge in [-0.3, -0.25) is 9.79 Å². The first-order chi connectivity index (χ1) is 12.9. The number of benzene rings is 2. The van der Waals surface area contributed by atoms with Crippen molar-refractivity contribution in [2.24, 2.45) is 4.99 Å². The average molecular weight is 519 g/mol. The third kappa shape index (κ3) is 7.27. The third-order valence-electron chi connectivity index (χ3n) is 3.95. The number of carbonyl (C=O) groups is 1. The van der Waals surface area contributed by atoms with Crippen molar-refractivity contribution in [2.75, 3.05) is 27.7 Å². The normalized spacial score (nSPS) is 10.8. The maximum Gasteiger partial charge on any atom is 0.253 e. The zero-order chi connectivity index (χ0) is 19.8. The van der Waals surface area contributed by atoms with E-state index in [0.717, 1.165) is 17.5 Å². The molecule has 0 saturated heterocycles. The van der Waals surface area contributed by atoms with Gasteiger partial charge in [-0.1, -0.05) is 29.8 Å². The molecule has 8 heteroatoms. The van der Waals surface area contributed by atoms with Gasteiger partial charge in [-0.05, 0) is 41.8 Å². The van der Waals surface area contributed by atoms with Crippen LogP contribution in [0.15, 0.2) is 47.5 Å². The van der Waals surface area contributed by atoms with Gasteiger partial charge >= 0.3 is 0 Å². The van der Waals surface area contributed by atoms with Crippen LogP contribution in [-0.2, 0) is 13.0 Å². The van der Waals surface area contributed by atoms with Crippen LogP contribution in [0.3, 0.4) is 0 Å². The molecule has 2 aromatic rings. The summed E-state index contributed by atoms with van der Waals surface area (Å²) in [6.07, 6.45) is 0.748. The minimum atomic E-state index is -0.432. The highest BCUT2D eigenvalue weighted by Gasteiger charge is 2.08. The first-order valence-electron chi connectivity index (χ1n) is 8.59. The van der Waals surface area contributed by atoms with E-state index in [4.69, 9.17) is 11.6 Å². The van der Waals surface area contributed by atoms with Gasteiger partial charge in [-0.15, -0.1) is 24.0 Å². The summed E-state index contributed by atoms with van der Waals surface area (Å²) in [5, 5.41) is 6.48. The fraction of sp³-hybridized carbons (Fsp3) is 0.300. The van der Waals surface area contributed by atoms with E-state index in [9.17, 15) is 9.18 Å². The van der Waals surface area contributed by atoms with Crippen molar-refractivity contribution in [3.8, 4) is 0 Å². The van der Waals surface area contributed by atoms with Crippen molar-refractivity contribution >= 4 is 47.4 Å². The molecule has 0 heterocycles. The van der Waals surface area contributed by atoms with Gasteiger partial charge < -0.3 is 15.5 Å². The number of carbonyl (C=O) groups excluding carboxylic acids is 1. The molecule has 0 aromatic heterocycles. The number of aliphatic imine (C=N–C) groups is 1. The van der Waals surface area contributed by atoms with Gasteiger partial charge in [0.05, 0.1) is 5.02 Å². The van der Waals surface area contributed by atoms with E-state index in [1.54, 1.807) is 38.2 Å². The summed E-state index contributed by atoms with van der Waals surface area (Å²) in [4.78, 5) is 17.8. The zero-order valence-corrected chi connectivity index (χ0v) is 19.2. The molecular formula is C20H25ClFIN4O. The molecule has 0 bridgehead atoms. The molecular weight excluding hydrogens is 494 g/mol. The van der Waals surface area contributed by atoms with Gasteiger partial charge in [-0.2, -0.15) is 0 Å². The van der Waals surface area contributed by atoms with Crippen LogP contribution >= 0.6 is 35.6 Å². The highest BCUT2D eigenvalue weighted by Crippen LogP contribution is 2.15. The summed E-state index contributed by atoms with van der Waals surface area (Å²) in [5.74, 6) is 0.189. The van der Waals surface area contributed by atoms with Gasteiger partial charge in [0.2, 0.25) is 0 Å². The van der Waals surface area contributed by atoms with Crippen molar-refractivity contribution < 1.29 is 9.18 Å². The molecule has 0 aliphatic rings. The fourth-order valence-electron chi connectivity index (χ4n) is 2.50. The molecule has 5 nitrogen and oxygen atoms in total. The number of halogens is 3. The average Bonchev–Trinajstić information content (AvgIpc) is 2.66. The van der Waals surface area contributed by atoms with Crippen molar-refractivity contribution in [3.63, 3.8) is 0 Å². The van der Waals surface area contributed by atoms with Crippen LogP contribution in [0.1, 0.15) is 21.5 Å². The third-order valence-corrected chi connectivity index (χ3v) is 4.24. The van der Waals surface area contributed by atoms with Crippen LogP contribution in [0, 0.1) is 5.82 Å². The Labute approximate surface area is 187 Å². The topological polar surface area (TPSA) is 56.7 Å². The smallest absolute Gasteiger partial charge is 0.253 e. The van der Waals surface area contributed by atoms with E-state index in [2.05, 4.69) is 15.6 Å². The molecule has 0 spiro atoms. The molecule has 2 aromatic carbocycles. The second-order valence-corrected chi connectivity index (χ2v) is 6.66. The molecule has 0 atom stereocenters. The van der Waals surface area contributed by atoms with Gasteiger partial charge in [0, 0.05) is 39.8 Å². The number of amides is 1. The van der Waals surface area contributed by atoms with Gasteiger partial charge in [0.25, 0.3) is 5.91 Å². The number of nitrogens with one attached hydrogen (secondary N) is 2. The lowest BCUT2D eigenvalue weighted by Gasteiger charge is -2.13. The van der Waals surface area contributed by atoms with Crippen LogP contribution in [0.4, 0.5) is 4.39 Å². The van der Waals surface area contributed by atoms with Crippen molar-refractivity contribution in [1.29, 1.82) is 0 Å². The Balaban J connectivity index is 0.00000392.